The number of hydrogen-bond acceptors (Lipinski definition) is 2. The van der Waals surface area contributed by atoms with Gasteiger partial charge >= 0.3 is 0 Å². The molecule has 1 aliphatic carbocycles. The number of anilines is 3. The summed E-state index contributed by atoms with van der Waals surface area (Å²) < 4.78 is 6.19. The molecule has 0 atom stereocenters. The van der Waals surface area contributed by atoms with Gasteiger partial charge in [0.2, 0.25) is 0 Å². The maximum absolute atomic E-state index is 6.19. The summed E-state index contributed by atoms with van der Waals surface area (Å²) in [7, 11) is 0. The van der Waals surface area contributed by atoms with E-state index in [4.69, 9.17) is 4.42 Å². The van der Waals surface area contributed by atoms with Gasteiger partial charge in [-0.25, -0.2) is 0 Å². The SMILES string of the molecule is CC1(C)c2ccccc2-c2ccc(N(c3ccc(-c4ccc5c(ccc6oc7ccccc7c65)c4)cc3)c3ccccc3-c3ccc4ccccc4c3)cc21. The second kappa shape index (κ2) is 12.1. The molecule has 2 heteroatoms. The smallest absolute Gasteiger partial charge is 0.136 e. The average Bonchev–Trinajstić information content (AvgIpc) is 3.73. The number of fused-ring (bicyclic) bond motifs is 9. The molecule has 0 amide bonds. The molecule has 11 rings (SSSR count). The van der Waals surface area contributed by atoms with Gasteiger partial charge in [0.1, 0.15) is 11.2 Å². The van der Waals surface area contributed by atoms with Crippen LogP contribution in [0.25, 0.3) is 76.9 Å². The van der Waals surface area contributed by atoms with Gasteiger partial charge in [0.05, 0.1) is 5.69 Å². The van der Waals surface area contributed by atoms with Crippen LogP contribution >= 0.6 is 0 Å². The zero-order chi connectivity index (χ0) is 36.7. The Morgan fingerprint density at radius 2 is 1.05 bits per heavy atom. The van der Waals surface area contributed by atoms with E-state index in [9.17, 15) is 0 Å². The van der Waals surface area contributed by atoms with Crippen LogP contribution in [0.2, 0.25) is 0 Å². The topological polar surface area (TPSA) is 16.4 Å². The van der Waals surface area contributed by atoms with Gasteiger partial charge < -0.3 is 9.32 Å². The van der Waals surface area contributed by atoms with Crippen LogP contribution < -0.4 is 4.90 Å². The van der Waals surface area contributed by atoms with Gasteiger partial charge in [-0.3, -0.25) is 0 Å². The molecule has 55 heavy (non-hydrogen) atoms. The molecule has 260 valence electrons. The number of nitrogens with zero attached hydrogens (tertiary/aromatic N) is 1. The van der Waals surface area contributed by atoms with Crippen molar-refractivity contribution in [3.05, 3.63) is 199 Å². The molecule has 1 aliphatic rings. The van der Waals surface area contributed by atoms with Crippen molar-refractivity contribution in [2.24, 2.45) is 0 Å². The first-order valence-electron chi connectivity index (χ1n) is 19.1. The first-order valence-corrected chi connectivity index (χ1v) is 19.1. The van der Waals surface area contributed by atoms with Crippen LogP contribution in [0.15, 0.2) is 192 Å². The zero-order valence-corrected chi connectivity index (χ0v) is 30.8. The minimum absolute atomic E-state index is 0.111. The highest BCUT2D eigenvalue weighted by Crippen LogP contribution is 2.51. The van der Waals surface area contributed by atoms with Crippen molar-refractivity contribution < 1.29 is 4.42 Å². The summed E-state index contributed by atoms with van der Waals surface area (Å²) in [5.41, 5.74) is 15.3. The van der Waals surface area contributed by atoms with Gasteiger partial charge in [0.15, 0.2) is 0 Å². The molecule has 10 aromatic rings. The summed E-state index contributed by atoms with van der Waals surface area (Å²) >= 11 is 0. The van der Waals surface area contributed by atoms with Gasteiger partial charge in [-0.05, 0) is 115 Å². The second-order valence-corrected chi connectivity index (χ2v) is 15.3. The van der Waals surface area contributed by atoms with E-state index in [1.54, 1.807) is 0 Å². The summed E-state index contributed by atoms with van der Waals surface area (Å²) in [6, 6.07) is 68.6. The normalized spacial score (nSPS) is 13.1. The standard InChI is InChI=1S/C53H37NO/c1-53(2)47-16-8-5-14-44(47)45-29-27-41(33-48(45)53)54(49-17-9-6-13-42(49)38-20-19-34-11-3-4-12-36(34)31-38)40-25-21-35(22-26-40)37-23-28-43-39(32-37)24-30-51-52(43)46-15-7-10-18-50(46)55-51/h3-33H,1-2H3. The largest absolute Gasteiger partial charge is 0.456 e. The fourth-order valence-corrected chi connectivity index (χ4v) is 9.06. The highest BCUT2D eigenvalue weighted by molar-refractivity contribution is 6.19. The fourth-order valence-electron chi connectivity index (χ4n) is 9.06. The molecule has 0 saturated carbocycles. The van der Waals surface area contributed by atoms with E-state index in [0.717, 1.165) is 33.6 Å². The predicted molar refractivity (Wildman–Crippen MR) is 232 cm³/mol. The van der Waals surface area contributed by atoms with Gasteiger partial charge in [0, 0.05) is 33.1 Å². The summed E-state index contributed by atoms with van der Waals surface area (Å²) in [4.78, 5) is 2.44. The van der Waals surface area contributed by atoms with Gasteiger partial charge in [-0.1, -0.05) is 147 Å². The third kappa shape index (κ3) is 4.95. The van der Waals surface area contributed by atoms with Crippen molar-refractivity contribution in [1.29, 1.82) is 0 Å². The lowest BCUT2D eigenvalue weighted by atomic mass is 9.82. The molecule has 0 saturated heterocycles. The molecule has 0 bridgehead atoms. The molecule has 1 heterocycles. The summed E-state index contributed by atoms with van der Waals surface area (Å²) in [6.07, 6.45) is 0. The Morgan fingerprint density at radius 1 is 0.400 bits per heavy atom. The highest BCUT2D eigenvalue weighted by atomic mass is 16.3. The molecule has 0 spiro atoms. The van der Waals surface area contributed by atoms with Crippen molar-refractivity contribution in [2.75, 3.05) is 4.90 Å². The molecule has 0 unspecified atom stereocenters. The van der Waals surface area contributed by atoms with Gasteiger partial charge in [-0.2, -0.15) is 0 Å². The van der Waals surface area contributed by atoms with E-state index >= 15 is 0 Å². The summed E-state index contributed by atoms with van der Waals surface area (Å²) in [5, 5.41) is 7.22. The molecule has 0 N–H and O–H groups in total. The van der Waals surface area contributed by atoms with Crippen LogP contribution in [-0.4, -0.2) is 0 Å². The average molecular weight is 704 g/mol. The Balaban J connectivity index is 1.05. The van der Waals surface area contributed by atoms with E-state index in [1.807, 2.05) is 12.1 Å². The number of rotatable bonds is 5. The van der Waals surface area contributed by atoms with E-state index in [-0.39, 0.29) is 5.41 Å². The molecule has 0 radical (unpaired) electrons. The number of furan rings is 1. The monoisotopic (exact) mass is 703 g/mol. The summed E-state index contributed by atoms with van der Waals surface area (Å²) in [6.45, 7) is 4.71. The molecule has 0 fully saturated rings. The molecule has 2 nitrogen and oxygen atoms in total. The van der Waals surface area contributed by atoms with Crippen LogP contribution in [0, 0.1) is 0 Å². The van der Waals surface area contributed by atoms with Crippen molar-refractivity contribution >= 4 is 60.5 Å². The van der Waals surface area contributed by atoms with Crippen LogP contribution in [0.3, 0.4) is 0 Å². The van der Waals surface area contributed by atoms with Crippen molar-refractivity contribution in [1.82, 2.24) is 0 Å². The van der Waals surface area contributed by atoms with E-state index < -0.39 is 0 Å². The quantitative estimate of drug-likeness (QED) is 0.177. The number of para-hydroxylation sites is 2. The summed E-state index contributed by atoms with van der Waals surface area (Å²) in [5.74, 6) is 0. The predicted octanol–water partition coefficient (Wildman–Crippen LogP) is 15.0. The zero-order valence-electron chi connectivity index (χ0n) is 30.8. The molecule has 9 aromatic carbocycles. The van der Waals surface area contributed by atoms with Crippen molar-refractivity contribution in [3.8, 4) is 33.4 Å². The second-order valence-electron chi connectivity index (χ2n) is 15.3. The minimum atomic E-state index is -0.111. The first kappa shape index (κ1) is 31.6. The highest BCUT2D eigenvalue weighted by Gasteiger charge is 2.36. The van der Waals surface area contributed by atoms with E-state index in [1.165, 1.54) is 71.4 Å². The lowest BCUT2D eigenvalue weighted by Gasteiger charge is -2.30. The lowest BCUT2D eigenvalue weighted by Crippen LogP contribution is -2.16. The maximum Gasteiger partial charge on any atom is 0.136 e. The van der Waals surface area contributed by atoms with Crippen LogP contribution in [0.1, 0.15) is 25.0 Å². The Kier molecular flexibility index (Phi) is 6.93. The molecular weight excluding hydrogens is 667 g/mol. The Labute approximate surface area is 320 Å². The Morgan fingerprint density at radius 3 is 1.95 bits per heavy atom. The van der Waals surface area contributed by atoms with E-state index in [0.29, 0.717) is 0 Å². The van der Waals surface area contributed by atoms with Gasteiger partial charge in [0.25, 0.3) is 0 Å². The fraction of sp³-hybridized carbons (Fsp3) is 0.0566. The number of hydrogen-bond donors (Lipinski definition) is 0. The minimum Gasteiger partial charge on any atom is -0.456 e. The molecular formula is C53H37NO. The van der Waals surface area contributed by atoms with Gasteiger partial charge in [-0.15, -0.1) is 0 Å². The lowest BCUT2D eigenvalue weighted by molar-refractivity contribution is 0.660. The van der Waals surface area contributed by atoms with Crippen molar-refractivity contribution in [2.45, 2.75) is 19.3 Å². The number of benzene rings is 9. The van der Waals surface area contributed by atoms with E-state index in [2.05, 4.69) is 195 Å². The Bertz CT molecular complexity index is 3130. The maximum atomic E-state index is 6.19. The molecule has 1 aromatic heterocycles. The van der Waals surface area contributed by atoms with Crippen LogP contribution in [0.4, 0.5) is 17.1 Å². The Hall–Kier alpha value is -6.90. The molecule has 0 aliphatic heterocycles. The van der Waals surface area contributed by atoms with Crippen LogP contribution in [-0.2, 0) is 5.41 Å². The van der Waals surface area contributed by atoms with Crippen LogP contribution in [0.5, 0.6) is 0 Å². The first-order chi connectivity index (χ1) is 27.0. The third-order valence-corrected chi connectivity index (χ3v) is 11.8. The third-order valence-electron chi connectivity index (χ3n) is 11.8. The van der Waals surface area contributed by atoms with Crippen molar-refractivity contribution in [3.63, 3.8) is 0 Å².